The molecule has 5 heteroatoms. The normalized spacial score (nSPS) is 23.1. The number of fused-ring (bicyclic) bond motifs is 2. The van der Waals surface area contributed by atoms with E-state index in [1.807, 2.05) is 72.5 Å². The number of anilines is 1. The van der Waals surface area contributed by atoms with Crippen molar-refractivity contribution in [3.63, 3.8) is 0 Å². The van der Waals surface area contributed by atoms with Crippen molar-refractivity contribution in [2.75, 3.05) is 11.9 Å². The molecule has 2 aromatic carbocycles. The van der Waals surface area contributed by atoms with Crippen LogP contribution < -0.4 is 5.32 Å². The summed E-state index contributed by atoms with van der Waals surface area (Å²) in [6.07, 6.45) is 2.38. The monoisotopic (exact) mass is 371 g/mol. The minimum atomic E-state index is -0.766. The number of benzene rings is 2. The summed E-state index contributed by atoms with van der Waals surface area (Å²) in [4.78, 5) is 31.7. The SMILES string of the molecule is Cc1[nH]ccc1C(=O)N1CC[C@]2(C(=O)Nc3ccccc32)[C@@H]1c1ccccc1. The summed E-state index contributed by atoms with van der Waals surface area (Å²) in [5, 5.41) is 3.05. The van der Waals surface area contributed by atoms with E-state index in [1.54, 1.807) is 6.20 Å². The molecule has 1 saturated heterocycles. The van der Waals surface area contributed by atoms with Gasteiger partial charge in [0.2, 0.25) is 5.91 Å². The van der Waals surface area contributed by atoms with Crippen LogP contribution in [0.25, 0.3) is 0 Å². The zero-order valence-electron chi connectivity index (χ0n) is 15.6. The van der Waals surface area contributed by atoms with E-state index >= 15 is 0 Å². The third kappa shape index (κ3) is 2.19. The van der Waals surface area contributed by atoms with Crippen molar-refractivity contribution in [2.45, 2.75) is 24.8 Å². The van der Waals surface area contributed by atoms with Gasteiger partial charge in [0.1, 0.15) is 5.41 Å². The van der Waals surface area contributed by atoms with Gasteiger partial charge in [-0.15, -0.1) is 0 Å². The maximum absolute atomic E-state index is 13.4. The molecule has 2 amide bonds. The zero-order valence-corrected chi connectivity index (χ0v) is 15.6. The smallest absolute Gasteiger partial charge is 0.256 e. The Hall–Kier alpha value is -3.34. The van der Waals surface area contributed by atoms with E-state index in [1.165, 1.54) is 0 Å². The number of hydrogen-bond acceptors (Lipinski definition) is 2. The standard InChI is InChI=1S/C23H21N3O2/c1-15-17(11-13-24-15)21(27)26-14-12-23(20(26)16-7-3-2-4-8-16)18-9-5-6-10-19(18)25-22(23)28/h2-11,13,20,24H,12,14H2,1H3,(H,25,28)/t20-,23+/m0/s1. The van der Waals surface area contributed by atoms with E-state index in [0.29, 0.717) is 18.5 Å². The highest BCUT2D eigenvalue weighted by Gasteiger charge is 2.59. The van der Waals surface area contributed by atoms with Gasteiger partial charge >= 0.3 is 0 Å². The van der Waals surface area contributed by atoms with E-state index in [9.17, 15) is 9.59 Å². The Labute approximate surface area is 163 Å². The van der Waals surface area contributed by atoms with Crippen LogP contribution in [0.2, 0.25) is 0 Å². The molecule has 140 valence electrons. The van der Waals surface area contributed by atoms with Gasteiger partial charge in [-0.25, -0.2) is 0 Å². The van der Waals surface area contributed by atoms with Gasteiger partial charge in [-0.1, -0.05) is 48.5 Å². The summed E-state index contributed by atoms with van der Waals surface area (Å²) < 4.78 is 0. The predicted molar refractivity (Wildman–Crippen MR) is 107 cm³/mol. The molecule has 28 heavy (non-hydrogen) atoms. The van der Waals surface area contributed by atoms with Crippen LogP contribution in [-0.4, -0.2) is 28.2 Å². The Morgan fingerprint density at radius 2 is 1.82 bits per heavy atom. The lowest BCUT2D eigenvalue weighted by molar-refractivity contribution is -0.121. The molecule has 0 bridgehead atoms. The molecule has 2 aliphatic heterocycles. The lowest BCUT2D eigenvalue weighted by Crippen LogP contribution is -2.42. The third-order valence-corrected chi connectivity index (χ3v) is 6.15. The van der Waals surface area contributed by atoms with Crippen molar-refractivity contribution >= 4 is 17.5 Å². The van der Waals surface area contributed by atoms with Crippen LogP contribution in [0, 0.1) is 6.92 Å². The van der Waals surface area contributed by atoms with Gasteiger partial charge < -0.3 is 15.2 Å². The van der Waals surface area contributed by atoms with E-state index in [0.717, 1.165) is 22.5 Å². The van der Waals surface area contributed by atoms with Gasteiger partial charge in [0.25, 0.3) is 5.91 Å². The van der Waals surface area contributed by atoms with Crippen LogP contribution in [0.1, 0.15) is 39.6 Å². The Morgan fingerprint density at radius 3 is 2.57 bits per heavy atom. The van der Waals surface area contributed by atoms with E-state index in [4.69, 9.17) is 0 Å². The second-order valence-electron chi connectivity index (χ2n) is 7.55. The maximum Gasteiger partial charge on any atom is 0.256 e. The highest BCUT2D eigenvalue weighted by Crippen LogP contribution is 2.54. The van der Waals surface area contributed by atoms with Crippen molar-refractivity contribution in [1.29, 1.82) is 0 Å². The second-order valence-corrected chi connectivity index (χ2v) is 7.55. The molecule has 0 saturated carbocycles. The first-order chi connectivity index (χ1) is 13.6. The lowest BCUT2D eigenvalue weighted by atomic mass is 9.72. The molecule has 2 aliphatic rings. The number of aromatic nitrogens is 1. The zero-order chi connectivity index (χ0) is 19.3. The average Bonchev–Trinajstić information content (AvgIpc) is 3.40. The molecule has 0 radical (unpaired) electrons. The highest BCUT2D eigenvalue weighted by atomic mass is 16.2. The first-order valence-corrected chi connectivity index (χ1v) is 9.54. The molecule has 5 rings (SSSR count). The fourth-order valence-electron chi connectivity index (χ4n) is 4.84. The van der Waals surface area contributed by atoms with Crippen LogP contribution in [0.15, 0.2) is 66.9 Å². The molecule has 2 N–H and O–H groups in total. The van der Waals surface area contributed by atoms with Crippen LogP contribution >= 0.6 is 0 Å². The molecule has 0 unspecified atom stereocenters. The fourth-order valence-corrected chi connectivity index (χ4v) is 4.84. The number of nitrogens with zero attached hydrogens (tertiary/aromatic N) is 1. The summed E-state index contributed by atoms with van der Waals surface area (Å²) in [7, 11) is 0. The second kappa shape index (κ2) is 6.09. The van der Waals surface area contributed by atoms with Gasteiger partial charge in [-0.05, 0) is 36.6 Å². The molecular weight excluding hydrogens is 350 g/mol. The Balaban J connectivity index is 1.69. The molecule has 2 atom stereocenters. The molecule has 0 aliphatic carbocycles. The van der Waals surface area contributed by atoms with E-state index in [-0.39, 0.29) is 17.9 Å². The van der Waals surface area contributed by atoms with E-state index < -0.39 is 5.41 Å². The number of aryl methyl sites for hydroxylation is 1. The van der Waals surface area contributed by atoms with Crippen molar-refractivity contribution < 1.29 is 9.59 Å². The molecule has 1 aromatic heterocycles. The van der Waals surface area contributed by atoms with Crippen molar-refractivity contribution in [3.8, 4) is 0 Å². The average molecular weight is 371 g/mol. The number of rotatable bonds is 2. The summed E-state index contributed by atoms with van der Waals surface area (Å²) in [5.41, 5.74) is 3.54. The Morgan fingerprint density at radius 1 is 1.07 bits per heavy atom. The number of H-pyrrole nitrogens is 1. The van der Waals surface area contributed by atoms with Gasteiger partial charge in [0.15, 0.2) is 0 Å². The number of aromatic amines is 1. The Kier molecular flexibility index (Phi) is 3.66. The number of carbonyl (C=O) groups excluding carboxylic acids is 2. The molecule has 1 spiro atoms. The molecule has 3 aromatic rings. The van der Waals surface area contributed by atoms with Gasteiger partial charge in [0, 0.05) is 24.1 Å². The molecule has 5 nitrogen and oxygen atoms in total. The number of para-hydroxylation sites is 1. The van der Waals surface area contributed by atoms with Crippen molar-refractivity contribution in [1.82, 2.24) is 9.88 Å². The molecule has 1 fully saturated rings. The molecular formula is C23H21N3O2. The number of likely N-dealkylation sites (tertiary alicyclic amines) is 1. The van der Waals surface area contributed by atoms with Crippen molar-refractivity contribution in [2.24, 2.45) is 0 Å². The van der Waals surface area contributed by atoms with Gasteiger partial charge in [0.05, 0.1) is 11.6 Å². The minimum absolute atomic E-state index is 0.0244. The number of nitrogens with one attached hydrogen (secondary N) is 2. The highest BCUT2D eigenvalue weighted by molar-refractivity contribution is 6.08. The lowest BCUT2D eigenvalue weighted by Gasteiger charge is -2.34. The quantitative estimate of drug-likeness (QED) is 0.720. The largest absolute Gasteiger partial charge is 0.365 e. The van der Waals surface area contributed by atoms with Crippen LogP contribution in [0.5, 0.6) is 0 Å². The number of amides is 2. The predicted octanol–water partition coefficient (Wildman–Crippen LogP) is 3.80. The summed E-state index contributed by atoms with van der Waals surface area (Å²) in [6, 6.07) is 19.2. The molecule has 3 heterocycles. The van der Waals surface area contributed by atoms with Gasteiger partial charge in [-0.3, -0.25) is 9.59 Å². The van der Waals surface area contributed by atoms with Crippen LogP contribution in [-0.2, 0) is 10.2 Å². The van der Waals surface area contributed by atoms with E-state index in [2.05, 4.69) is 10.3 Å². The van der Waals surface area contributed by atoms with Crippen LogP contribution in [0.4, 0.5) is 5.69 Å². The number of carbonyl (C=O) groups is 2. The fraction of sp³-hybridized carbons (Fsp3) is 0.217. The van der Waals surface area contributed by atoms with Crippen LogP contribution in [0.3, 0.4) is 0 Å². The minimum Gasteiger partial charge on any atom is -0.365 e. The van der Waals surface area contributed by atoms with Crippen molar-refractivity contribution in [3.05, 3.63) is 89.2 Å². The third-order valence-electron chi connectivity index (χ3n) is 6.15. The topological polar surface area (TPSA) is 65.2 Å². The maximum atomic E-state index is 13.4. The van der Waals surface area contributed by atoms with Gasteiger partial charge in [-0.2, -0.15) is 0 Å². The summed E-state index contributed by atoms with van der Waals surface area (Å²) in [6.45, 7) is 2.43. The first kappa shape index (κ1) is 16.8. The summed E-state index contributed by atoms with van der Waals surface area (Å²) >= 11 is 0. The summed E-state index contributed by atoms with van der Waals surface area (Å²) in [5.74, 6) is -0.0645. The first-order valence-electron chi connectivity index (χ1n) is 9.54. The number of hydrogen-bond donors (Lipinski definition) is 2. The Bertz CT molecular complexity index is 1070.